The van der Waals surface area contributed by atoms with Crippen LogP contribution in [0.1, 0.15) is 5.56 Å². The lowest BCUT2D eigenvalue weighted by Gasteiger charge is -2.19. The molecule has 0 atom stereocenters. The van der Waals surface area contributed by atoms with E-state index >= 15 is 0 Å². The molecule has 0 unspecified atom stereocenters. The third-order valence-electron chi connectivity index (χ3n) is 3.28. The molecule has 0 bridgehead atoms. The standard InChI is InChI=1S/C17H17Cl2NO3/c1-20(10-12-5-3-4-6-16(12)22-2)17(21)11-23-13-7-8-14(18)15(19)9-13/h3-9H,10-11H2,1-2H3. The molecule has 0 N–H and O–H groups in total. The van der Waals surface area contributed by atoms with Gasteiger partial charge in [0.2, 0.25) is 0 Å². The molecule has 0 saturated carbocycles. The van der Waals surface area contributed by atoms with Gasteiger partial charge in [-0.2, -0.15) is 0 Å². The lowest BCUT2D eigenvalue weighted by Crippen LogP contribution is -2.31. The van der Waals surface area contributed by atoms with Crippen molar-refractivity contribution in [3.63, 3.8) is 0 Å². The molecule has 1 amide bonds. The van der Waals surface area contributed by atoms with Crippen molar-refractivity contribution < 1.29 is 14.3 Å². The Hall–Kier alpha value is -1.91. The topological polar surface area (TPSA) is 38.8 Å². The summed E-state index contributed by atoms with van der Waals surface area (Å²) in [6, 6.07) is 12.4. The maximum Gasteiger partial charge on any atom is 0.260 e. The van der Waals surface area contributed by atoms with E-state index < -0.39 is 0 Å². The van der Waals surface area contributed by atoms with Gasteiger partial charge in [-0.3, -0.25) is 4.79 Å². The van der Waals surface area contributed by atoms with Gasteiger partial charge in [0.25, 0.3) is 5.91 Å². The van der Waals surface area contributed by atoms with Crippen molar-refractivity contribution in [2.45, 2.75) is 6.54 Å². The molecule has 2 rings (SSSR count). The Labute approximate surface area is 145 Å². The Morgan fingerprint density at radius 3 is 2.57 bits per heavy atom. The van der Waals surface area contributed by atoms with Crippen molar-refractivity contribution in [3.05, 3.63) is 58.1 Å². The molecule has 6 heteroatoms. The first-order valence-corrected chi connectivity index (χ1v) is 7.70. The number of ether oxygens (including phenoxy) is 2. The van der Waals surface area contributed by atoms with Crippen molar-refractivity contribution in [2.24, 2.45) is 0 Å². The van der Waals surface area contributed by atoms with Gasteiger partial charge in [0.15, 0.2) is 6.61 Å². The van der Waals surface area contributed by atoms with E-state index in [1.165, 1.54) is 0 Å². The average Bonchev–Trinajstić information content (AvgIpc) is 2.56. The molecular formula is C17H17Cl2NO3. The molecule has 23 heavy (non-hydrogen) atoms. The van der Waals surface area contributed by atoms with Crippen LogP contribution < -0.4 is 9.47 Å². The van der Waals surface area contributed by atoms with Crippen LogP contribution in [0.3, 0.4) is 0 Å². The highest BCUT2D eigenvalue weighted by atomic mass is 35.5. The SMILES string of the molecule is COc1ccccc1CN(C)C(=O)COc1ccc(Cl)c(Cl)c1. The monoisotopic (exact) mass is 353 g/mol. The molecule has 0 spiro atoms. The molecule has 2 aromatic rings. The van der Waals surface area contributed by atoms with Crippen LogP contribution in [-0.2, 0) is 11.3 Å². The van der Waals surface area contributed by atoms with Gasteiger partial charge < -0.3 is 14.4 Å². The number of para-hydroxylation sites is 1. The highest BCUT2D eigenvalue weighted by Crippen LogP contribution is 2.26. The van der Waals surface area contributed by atoms with Crippen LogP contribution in [-0.4, -0.2) is 31.6 Å². The van der Waals surface area contributed by atoms with E-state index in [1.807, 2.05) is 24.3 Å². The fraction of sp³-hybridized carbons (Fsp3) is 0.235. The first-order valence-electron chi connectivity index (χ1n) is 6.95. The molecule has 0 heterocycles. The van der Waals surface area contributed by atoms with Crippen LogP contribution in [0.5, 0.6) is 11.5 Å². The zero-order valence-electron chi connectivity index (χ0n) is 12.9. The van der Waals surface area contributed by atoms with Gasteiger partial charge in [-0.25, -0.2) is 0 Å². The molecule has 0 aliphatic carbocycles. The molecule has 0 radical (unpaired) electrons. The number of halogens is 2. The van der Waals surface area contributed by atoms with E-state index in [9.17, 15) is 4.79 Å². The summed E-state index contributed by atoms with van der Waals surface area (Å²) in [5.74, 6) is 1.10. The fourth-order valence-corrected chi connectivity index (χ4v) is 2.29. The number of benzene rings is 2. The summed E-state index contributed by atoms with van der Waals surface area (Å²) in [7, 11) is 3.32. The summed E-state index contributed by atoms with van der Waals surface area (Å²) in [6.45, 7) is 0.358. The minimum atomic E-state index is -0.151. The molecule has 4 nitrogen and oxygen atoms in total. The van der Waals surface area contributed by atoms with E-state index in [1.54, 1.807) is 37.3 Å². The number of methoxy groups -OCH3 is 1. The summed E-state index contributed by atoms with van der Waals surface area (Å²) in [4.78, 5) is 13.8. The van der Waals surface area contributed by atoms with Gasteiger partial charge >= 0.3 is 0 Å². The van der Waals surface area contributed by atoms with Crippen molar-refractivity contribution >= 4 is 29.1 Å². The van der Waals surface area contributed by atoms with E-state index in [0.717, 1.165) is 11.3 Å². The van der Waals surface area contributed by atoms with Gasteiger partial charge in [-0.05, 0) is 18.2 Å². The third kappa shape index (κ3) is 4.78. The van der Waals surface area contributed by atoms with Crippen molar-refractivity contribution in [2.75, 3.05) is 20.8 Å². The lowest BCUT2D eigenvalue weighted by atomic mass is 10.2. The largest absolute Gasteiger partial charge is 0.496 e. The molecule has 0 saturated heterocycles. The Morgan fingerprint density at radius 2 is 1.87 bits per heavy atom. The molecule has 2 aromatic carbocycles. The van der Waals surface area contributed by atoms with Gasteiger partial charge in [0, 0.05) is 25.2 Å². The second-order valence-electron chi connectivity index (χ2n) is 4.93. The first kappa shape index (κ1) is 17.4. The predicted octanol–water partition coefficient (Wildman–Crippen LogP) is 4.04. The lowest BCUT2D eigenvalue weighted by molar-refractivity contribution is -0.132. The second-order valence-corrected chi connectivity index (χ2v) is 5.74. The zero-order valence-corrected chi connectivity index (χ0v) is 14.4. The molecule has 0 aromatic heterocycles. The van der Waals surface area contributed by atoms with Crippen LogP contribution in [0.25, 0.3) is 0 Å². The number of carbonyl (C=O) groups is 1. The average molecular weight is 354 g/mol. The smallest absolute Gasteiger partial charge is 0.260 e. The van der Waals surface area contributed by atoms with E-state index in [-0.39, 0.29) is 12.5 Å². The maximum atomic E-state index is 12.2. The van der Waals surface area contributed by atoms with E-state index in [0.29, 0.717) is 22.3 Å². The highest BCUT2D eigenvalue weighted by molar-refractivity contribution is 6.42. The van der Waals surface area contributed by atoms with Gasteiger partial charge in [-0.15, -0.1) is 0 Å². The highest BCUT2D eigenvalue weighted by Gasteiger charge is 2.13. The first-order chi connectivity index (χ1) is 11.0. The van der Waals surface area contributed by atoms with Crippen LogP contribution in [0.4, 0.5) is 0 Å². The number of hydrogen-bond donors (Lipinski definition) is 0. The fourth-order valence-electron chi connectivity index (χ4n) is 2.00. The minimum Gasteiger partial charge on any atom is -0.496 e. The molecule has 0 aliphatic rings. The predicted molar refractivity (Wildman–Crippen MR) is 91.4 cm³/mol. The van der Waals surface area contributed by atoms with Crippen LogP contribution in [0, 0.1) is 0 Å². The second kappa shape index (κ2) is 8.09. The van der Waals surface area contributed by atoms with Crippen LogP contribution in [0.2, 0.25) is 10.0 Å². The number of rotatable bonds is 6. The molecule has 0 fully saturated rings. The Balaban J connectivity index is 1.93. The number of carbonyl (C=O) groups excluding carboxylic acids is 1. The van der Waals surface area contributed by atoms with Crippen molar-refractivity contribution in [3.8, 4) is 11.5 Å². The zero-order chi connectivity index (χ0) is 16.8. The van der Waals surface area contributed by atoms with Crippen LogP contribution in [0.15, 0.2) is 42.5 Å². The number of amides is 1. The normalized spacial score (nSPS) is 10.3. The maximum absolute atomic E-state index is 12.2. The van der Waals surface area contributed by atoms with Gasteiger partial charge in [0.05, 0.1) is 17.2 Å². The van der Waals surface area contributed by atoms with Crippen molar-refractivity contribution in [1.82, 2.24) is 4.90 Å². The summed E-state index contributed by atoms with van der Waals surface area (Å²) in [6.07, 6.45) is 0. The van der Waals surface area contributed by atoms with E-state index in [4.69, 9.17) is 32.7 Å². The van der Waals surface area contributed by atoms with Crippen molar-refractivity contribution in [1.29, 1.82) is 0 Å². The minimum absolute atomic E-state index is 0.0798. The van der Waals surface area contributed by atoms with E-state index in [2.05, 4.69) is 0 Å². The summed E-state index contributed by atoms with van der Waals surface area (Å²) in [5, 5.41) is 0.831. The Bertz CT molecular complexity index is 691. The summed E-state index contributed by atoms with van der Waals surface area (Å²) < 4.78 is 10.7. The summed E-state index contributed by atoms with van der Waals surface area (Å²) in [5.41, 5.74) is 0.931. The van der Waals surface area contributed by atoms with Gasteiger partial charge in [0.1, 0.15) is 11.5 Å². The van der Waals surface area contributed by atoms with Gasteiger partial charge in [-0.1, -0.05) is 41.4 Å². The Morgan fingerprint density at radius 1 is 1.13 bits per heavy atom. The third-order valence-corrected chi connectivity index (χ3v) is 4.02. The van der Waals surface area contributed by atoms with Crippen LogP contribution >= 0.6 is 23.2 Å². The quantitative estimate of drug-likeness (QED) is 0.786. The number of hydrogen-bond acceptors (Lipinski definition) is 3. The molecule has 122 valence electrons. The molecule has 0 aliphatic heterocycles. The Kier molecular flexibility index (Phi) is 6.13. The number of likely N-dealkylation sites (N-methyl/N-ethyl adjacent to an activating group) is 1. The number of nitrogens with zero attached hydrogens (tertiary/aromatic N) is 1. The summed E-state index contributed by atoms with van der Waals surface area (Å²) >= 11 is 11.7. The molecular weight excluding hydrogens is 337 g/mol.